The molecular formula is C36H17F5N4. The van der Waals surface area contributed by atoms with E-state index in [4.69, 9.17) is 0 Å². The predicted octanol–water partition coefficient (Wildman–Crippen LogP) is 8.88. The molecule has 7 rings (SSSR count). The van der Waals surface area contributed by atoms with E-state index in [0.717, 1.165) is 39.4 Å². The van der Waals surface area contributed by atoms with Crippen LogP contribution in [0.15, 0.2) is 94.9 Å². The van der Waals surface area contributed by atoms with E-state index >= 15 is 0 Å². The van der Waals surface area contributed by atoms with Crippen LogP contribution < -0.4 is 10.7 Å². The Bertz CT molecular complexity index is 2570. The first-order valence-corrected chi connectivity index (χ1v) is 13.6. The maximum atomic E-state index is 14.2. The molecule has 0 fully saturated rings. The van der Waals surface area contributed by atoms with Crippen molar-refractivity contribution < 1.29 is 22.0 Å². The van der Waals surface area contributed by atoms with E-state index in [1.54, 1.807) is 31.2 Å². The van der Waals surface area contributed by atoms with Gasteiger partial charge in [0.25, 0.3) is 0 Å². The van der Waals surface area contributed by atoms with Crippen LogP contribution in [0.25, 0.3) is 65.3 Å². The van der Waals surface area contributed by atoms with E-state index in [-0.39, 0.29) is 11.4 Å². The normalized spacial score (nSPS) is 12.9. The Balaban J connectivity index is 1.51. The van der Waals surface area contributed by atoms with Crippen molar-refractivity contribution in [3.05, 3.63) is 118 Å². The SMILES string of the molecule is Cc1cc(F)cc(-c2ccc3c(c2)c(=NC#N)c2cc4c(=NC#N)c5cc(-c6cc(F)cc(C(F)(F)F)c6)ccc5c4cc23)c1. The minimum Gasteiger partial charge on any atom is -0.207 e. The molecule has 0 saturated carbocycles. The van der Waals surface area contributed by atoms with Gasteiger partial charge in [0.05, 0.1) is 16.3 Å². The molecule has 216 valence electrons. The summed E-state index contributed by atoms with van der Waals surface area (Å²) in [4.78, 5) is 8.19. The van der Waals surface area contributed by atoms with Gasteiger partial charge < -0.3 is 0 Å². The van der Waals surface area contributed by atoms with Gasteiger partial charge in [-0.3, -0.25) is 0 Å². The minimum atomic E-state index is -4.73. The molecule has 0 atom stereocenters. The Morgan fingerprint density at radius 2 is 0.978 bits per heavy atom. The van der Waals surface area contributed by atoms with Crippen molar-refractivity contribution in [3.8, 4) is 34.6 Å². The highest BCUT2D eigenvalue weighted by Crippen LogP contribution is 2.37. The third-order valence-electron chi connectivity index (χ3n) is 8.06. The summed E-state index contributed by atoms with van der Waals surface area (Å²) in [5.41, 5.74) is 1.43. The van der Waals surface area contributed by atoms with Crippen LogP contribution in [0.1, 0.15) is 11.1 Å². The monoisotopic (exact) mass is 600 g/mol. The fourth-order valence-electron chi connectivity index (χ4n) is 6.20. The van der Waals surface area contributed by atoms with Crippen LogP contribution in [0.3, 0.4) is 0 Å². The second kappa shape index (κ2) is 10.1. The summed E-state index contributed by atoms with van der Waals surface area (Å²) in [6, 6.07) is 21.3. The second-order valence-corrected chi connectivity index (χ2v) is 10.8. The first kappa shape index (κ1) is 27.9. The van der Waals surface area contributed by atoms with Crippen molar-refractivity contribution in [1.29, 1.82) is 10.5 Å². The van der Waals surface area contributed by atoms with E-state index < -0.39 is 17.6 Å². The zero-order chi connectivity index (χ0) is 31.6. The zero-order valence-corrected chi connectivity index (χ0v) is 23.3. The number of hydrogen-bond acceptors (Lipinski definition) is 4. The van der Waals surface area contributed by atoms with Crippen molar-refractivity contribution >= 4 is 43.1 Å². The number of nitriles is 2. The molecule has 0 aliphatic rings. The summed E-state index contributed by atoms with van der Waals surface area (Å²) in [5, 5.41) is 25.3. The first-order chi connectivity index (χ1) is 21.5. The van der Waals surface area contributed by atoms with Crippen LogP contribution in [0.2, 0.25) is 0 Å². The van der Waals surface area contributed by atoms with E-state index in [0.29, 0.717) is 54.8 Å². The molecule has 0 heterocycles. The number of halogens is 5. The molecule has 0 aliphatic heterocycles. The van der Waals surface area contributed by atoms with Crippen LogP contribution in [-0.4, -0.2) is 0 Å². The Labute approximate surface area is 251 Å². The lowest BCUT2D eigenvalue weighted by molar-refractivity contribution is -0.137. The molecule has 45 heavy (non-hydrogen) atoms. The van der Waals surface area contributed by atoms with Gasteiger partial charge >= 0.3 is 6.18 Å². The van der Waals surface area contributed by atoms with Crippen LogP contribution >= 0.6 is 0 Å². The van der Waals surface area contributed by atoms with Gasteiger partial charge in [-0.25, -0.2) is 8.78 Å². The molecule has 7 aromatic rings. The van der Waals surface area contributed by atoms with E-state index in [1.807, 2.05) is 42.7 Å². The Morgan fingerprint density at radius 1 is 0.511 bits per heavy atom. The largest absolute Gasteiger partial charge is 0.416 e. The molecule has 7 aromatic carbocycles. The van der Waals surface area contributed by atoms with E-state index in [9.17, 15) is 32.5 Å². The molecule has 4 nitrogen and oxygen atoms in total. The summed E-state index contributed by atoms with van der Waals surface area (Å²) in [6.45, 7) is 1.80. The number of aryl methyl sites for hydroxylation is 1. The fourth-order valence-corrected chi connectivity index (χ4v) is 6.20. The molecule has 0 aliphatic carbocycles. The maximum Gasteiger partial charge on any atom is 0.416 e. The lowest BCUT2D eigenvalue weighted by Gasteiger charge is -2.10. The molecule has 0 spiro atoms. The van der Waals surface area contributed by atoms with E-state index in [2.05, 4.69) is 9.98 Å². The third-order valence-corrected chi connectivity index (χ3v) is 8.06. The summed E-state index contributed by atoms with van der Waals surface area (Å²) in [7, 11) is 0. The number of rotatable bonds is 2. The third kappa shape index (κ3) is 4.57. The molecule has 0 radical (unpaired) electrons. The van der Waals surface area contributed by atoms with Crippen LogP contribution in [-0.2, 0) is 6.18 Å². The molecule has 9 heteroatoms. The highest BCUT2D eigenvalue weighted by atomic mass is 19.4. The maximum absolute atomic E-state index is 14.2. The van der Waals surface area contributed by atoms with Gasteiger partial charge in [-0.15, -0.1) is 0 Å². The number of alkyl halides is 3. The van der Waals surface area contributed by atoms with Crippen LogP contribution in [0.4, 0.5) is 22.0 Å². The smallest absolute Gasteiger partial charge is 0.207 e. The molecule has 0 amide bonds. The van der Waals surface area contributed by atoms with E-state index in [1.165, 1.54) is 12.1 Å². The second-order valence-electron chi connectivity index (χ2n) is 10.8. The number of nitrogens with zero attached hydrogens (tertiary/aromatic N) is 4. The average Bonchev–Trinajstić information content (AvgIpc) is 3.46. The van der Waals surface area contributed by atoms with Crippen molar-refractivity contribution in [2.24, 2.45) is 9.98 Å². The van der Waals surface area contributed by atoms with Crippen molar-refractivity contribution in [1.82, 2.24) is 0 Å². The van der Waals surface area contributed by atoms with Gasteiger partial charge in [-0.05, 0) is 111 Å². The Kier molecular flexibility index (Phi) is 6.24. The van der Waals surface area contributed by atoms with Gasteiger partial charge in [-0.1, -0.05) is 30.3 Å². The summed E-state index contributed by atoms with van der Waals surface area (Å²) >= 11 is 0. The fraction of sp³-hybridized carbons (Fsp3) is 0.0556. The van der Waals surface area contributed by atoms with Crippen LogP contribution in [0, 0.1) is 41.5 Å². The summed E-state index contributed by atoms with van der Waals surface area (Å²) < 4.78 is 68.6. The molecular weight excluding hydrogens is 583 g/mol. The standard InChI is InChI=1S/C36H17F5N4/c1-18-6-21(9-24(37)7-18)19-2-4-26-28-14-29-27-5-3-20(22-8-23(36(39,40)41)13-25(38)10-22)12-31(27)35(45-17-43)33(29)15-32(28)34(44-16-42)30(26)11-19/h2-15H,1H3. The molecule has 0 N–H and O–H groups in total. The summed E-state index contributed by atoms with van der Waals surface area (Å²) in [5.74, 6) is -1.38. The van der Waals surface area contributed by atoms with Gasteiger partial charge in [0, 0.05) is 21.5 Å². The predicted molar refractivity (Wildman–Crippen MR) is 162 cm³/mol. The quantitative estimate of drug-likeness (QED) is 0.147. The van der Waals surface area contributed by atoms with Crippen molar-refractivity contribution in [2.75, 3.05) is 0 Å². The molecule has 0 aromatic heterocycles. The highest BCUT2D eigenvalue weighted by Gasteiger charge is 2.31. The molecule has 0 unspecified atom stereocenters. The lowest BCUT2D eigenvalue weighted by Crippen LogP contribution is -2.05. The van der Waals surface area contributed by atoms with Crippen molar-refractivity contribution in [2.45, 2.75) is 13.1 Å². The molecule has 0 bridgehead atoms. The van der Waals surface area contributed by atoms with Crippen molar-refractivity contribution in [3.63, 3.8) is 0 Å². The van der Waals surface area contributed by atoms with Gasteiger partial charge in [-0.2, -0.15) is 33.7 Å². The number of hydrogen-bond donors (Lipinski definition) is 0. The topological polar surface area (TPSA) is 72.3 Å². The lowest BCUT2D eigenvalue weighted by atomic mass is 10.00. The number of benzene rings is 5. The Morgan fingerprint density at radius 3 is 1.47 bits per heavy atom. The molecule has 0 saturated heterocycles. The zero-order valence-electron chi connectivity index (χ0n) is 23.3. The highest BCUT2D eigenvalue weighted by molar-refractivity contribution is 6.21. The first-order valence-electron chi connectivity index (χ1n) is 13.6. The minimum absolute atomic E-state index is 0.0292. The average molecular weight is 601 g/mol. The van der Waals surface area contributed by atoms with Gasteiger partial charge in [0.1, 0.15) is 11.6 Å². The Hall–Kier alpha value is -5.93. The van der Waals surface area contributed by atoms with Gasteiger partial charge in [0.15, 0.2) is 0 Å². The number of fused-ring (bicyclic) bond motifs is 6. The van der Waals surface area contributed by atoms with Gasteiger partial charge in [0.2, 0.25) is 12.4 Å². The van der Waals surface area contributed by atoms with Crippen LogP contribution in [0.5, 0.6) is 0 Å². The summed E-state index contributed by atoms with van der Waals surface area (Å²) in [6.07, 6.45) is -1.05.